The van der Waals surface area contributed by atoms with E-state index in [4.69, 9.17) is 15.2 Å². The number of para-hydroxylation sites is 1. The normalized spacial score (nSPS) is 12.0. The quantitative estimate of drug-likeness (QED) is 0.631. The molecule has 2 heterocycles. The first kappa shape index (κ1) is 17.9. The molecule has 0 unspecified atom stereocenters. The average molecular weight is 397 g/mol. The molecule has 142 valence electrons. The Hall–Kier alpha value is -3.53. The summed E-state index contributed by atoms with van der Waals surface area (Å²) < 4.78 is 12.6. The van der Waals surface area contributed by atoms with Crippen LogP contribution in [0.3, 0.4) is 0 Å². The molecule has 0 saturated heterocycles. The summed E-state index contributed by atoms with van der Waals surface area (Å²) in [5.41, 5.74) is 6.59. The van der Waals surface area contributed by atoms with Gasteiger partial charge in [0.1, 0.15) is 0 Å². The SMILES string of the molecule is NC(=O)NC(=O)CSc1nnc(-c2ccc3c(c2)OCO3)n1-c1ccccc1. The van der Waals surface area contributed by atoms with Gasteiger partial charge < -0.3 is 15.2 Å². The summed E-state index contributed by atoms with van der Waals surface area (Å²) >= 11 is 1.15. The fourth-order valence-corrected chi connectivity index (χ4v) is 3.45. The largest absolute Gasteiger partial charge is 0.454 e. The van der Waals surface area contributed by atoms with E-state index in [2.05, 4.69) is 10.2 Å². The number of urea groups is 1. The zero-order valence-corrected chi connectivity index (χ0v) is 15.3. The molecule has 3 amide bonds. The first-order chi connectivity index (χ1) is 13.6. The van der Waals surface area contributed by atoms with Crippen LogP contribution in [0.1, 0.15) is 0 Å². The molecule has 9 nitrogen and oxygen atoms in total. The minimum atomic E-state index is -0.892. The van der Waals surface area contributed by atoms with Crippen LogP contribution in [-0.2, 0) is 4.79 Å². The number of fused-ring (bicyclic) bond motifs is 1. The van der Waals surface area contributed by atoms with Crippen LogP contribution in [0, 0.1) is 0 Å². The number of nitrogens with zero attached hydrogens (tertiary/aromatic N) is 3. The highest BCUT2D eigenvalue weighted by Crippen LogP contribution is 2.36. The van der Waals surface area contributed by atoms with Gasteiger partial charge in [-0.05, 0) is 30.3 Å². The Morgan fingerprint density at radius 3 is 2.68 bits per heavy atom. The van der Waals surface area contributed by atoms with Crippen LogP contribution in [0.5, 0.6) is 11.5 Å². The predicted molar refractivity (Wildman–Crippen MR) is 101 cm³/mol. The third-order valence-corrected chi connectivity index (χ3v) is 4.80. The Balaban J connectivity index is 1.70. The lowest BCUT2D eigenvalue weighted by Crippen LogP contribution is -2.36. The van der Waals surface area contributed by atoms with E-state index in [1.807, 2.05) is 58.4 Å². The van der Waals surface area contributed by atoms with Crippen molar-refractivity contribution < 1.29 is 19.1 Å². The average Bonchev–Trinajstić information content (AvgIpc) is 3.32. The van der Waals surface area contributed by atoms with Crippen molar-refractivity contribution in [3.8, 4) is 28.6 Å². The second-order valence-electron chi connectivity index (χ2n) is 5.75. The molecule has 28 heavy (non-hydrogen) atoms. The molecule has 0 saturated carbocycles. The summed E-state index contributed by atoms with van der Waals surface area (Å²) in [5, 5.41) is 11.0. The number of rotatable bonds is 5. The van der Waals surface area contributed by atoms with Crippen molar-refractivity contribution in [3.05, 3.63) is 48.5 Å². The number of thioether (sulfide) groups is 1. The molecule has 0 spiro atoms. The molecule has 1 aliphatic heterocycles. The number of carbonyl (C=O) groups excluding carboxylic acids is 2. The third kappa shape index (κ3) is 3.62. The van der Waals surface area contributed by atoms with E-state index in [0.29, 0.717) is 22.5 Å². The van der Waals surface area contributed by atoms with Gasteiger partial charge in [0.15, 0.2) is 22.5 Å². The van der Waals surface area contributed by atoms with Gasteiger partial charge in [0, 0.05) is 11.3 Å². The zero-order valence-electron chi connectivity index (χ0n) is 14.5. The zero-order chi connectivity index (χ0) is 19.5. The maximum atomic E-state index is 11.8. The molecule has 0 radical (unpaired) electrons. The van der Waals surface area contributed by atoms with Gasteiger partial charge in [-0.1, -0.05) is 30.0 Å². The lowest BCUT2D eigenvalue weighted by atomic mass is 10.2. The Morgan fingerprint density at radius 1 is 1.11 bits per heavy atom. The van der Waals surface area contributed by atoms with Crippen LogP contribution in [0.4, 0.5) is 4.79 Å². The van der Waals surface area contributed by atoms with Gasteiger partial charge in [0.05, 0.1) is 5.75 Å². The lowest BCUT2D eigenvalue weighted by Gasteiger charge is -2.10. The fourth-order valence-electron chi connectivity index (χ4n) is 2.70. The maximum absolute atomic E-state index is 11.8. The molecule has 2 aromatic carbocycles. The summed E-state index contributed by atoms with van der Waals surface area (Å²) in [6.07, 6.45) is 0. The molecule has 4 rings (SSSR count). The van der Waals surface area contributed by atoms with E-state index in [1.54, 1.807) is 0 Å². The Kier molecular flexibility index (Phi) is 4.85. The highest BCUT2D eigenvalue weighted by molar-refractivity contribution is 7.99. The van der Waals surface area contributed by atoms with Crippen molar-refractivity contribution in [2.75, 3.05) is 12.5 Å². The lowest BCUT2D eigenvalue weighted by molar-refractivity contribution is -0.117. The van der Waals surface area contributed by atoms with Crippen molar-refractivity contribution in [2.24, 2.45) is 5.73 Å². The topological polar surface area (TPSA) is 121 Å². The van der Waals surface area contributed by atoms with Crippen molar-refractivity contribution in [1.82, 2.24) is 20.1 Å². The molecule has 0 bridgehead atoms. The number of nitrogens with one attached hydrogen (secondary N) is 1. The smallest absolute Gasteiger partial charge is 0.318 e. The summed E-state index contributed by atoms with van der Waals surface area (Å²) in [5.74, 6) is 1.35. The number of amides is 3. The van der Waals surface area contributed by atoms with Crippen LogP contribution in [0.15, 0.2) is 53.7 Å². The molecular formula is C18H15N5O4S. The van der Waals surface area contributed by atoms with Crippen LogP contribution in [0.2, 0.25) is 0 Å². The third-order valence-electron chi connectivity index (χ3n) is 3.87. The summed E-state index contributed by atoms with van der Waals surface area (Å²) in [7, 11) is 0. The monoisotopic (exact) mass is 397 g/mol. The van der Waals surface area contributed by atoms with E-state index in [0.717, 1.165) is 23.0 Å². The second kappa shape index (κ2) is 7.61. The molecule has 3 N–H and O–H groups in total. The number of nitrogens with two attached hydrogens (primary N) is 1. The van der Waals surface area contributed by atoms with E-state index < -0.39 is 11.9 Å². The van der Waals surface area contributed by atoms with E-state index in [9.17, 15) is 9.59 Å². The number of ether oxygens (including phenoxy) is 2. The summed E-state index contributed by atoms with van der Waals surface area (Å²) in [6, 6.07) is 14.1. The summed E-state index contributed by atoms with van der Waals surface area (Å²) in [4.78, 5) is 22.6. The number of imide groups is 1. The number of carbonyl (C=O) groups is 2. The highest BCUT2D eigenvalue weighted by Gasteiger charge is 2.20. The molecule has 1 aromatic heterocycles. The second-order valence-corrected chi connectivity index (χ2v) is 6.69. The predicted octanol–water partition coefficient (Wildman–Crippen LogP) is 1.95. The number of primary amides is 1. The van der Waals surface area contributed by atoms with Gasteiger partial charge in [0.25, 0.3) is 0 Å². The standard InChI is InChI=1S/C18H15N5O4S/c19-17(25)20-15(24)9-28-18-22-21-16(23(18)12-4-2-1-3-5-12)11-6-7-13-14(8-11)27-10-26-13/h1-8H,9-10H2,(H3,19,20,24,25). The van der Waals surface area contributed by atoms with Crippen molar-refractivity contribution in [1.29, 1.82) is 0 Å². The van der Waals surface area contributed by atoms with Crippen LogP contribution in [-0.4, -0.2) is 39.2 Å². The number of hydrogen-bond donors (Lipinski definition) is 2. The number of hydrogen-bond acceptors (Lipinski definition) is 7. The van der Waals surface area contributed by atoms with Crippen molar-refractivity contribution in [2.45, 2.75) is 5.16 Å². The minimum absolute atomic E-state index is 0.0327. The maximum Gasteiger partial charge on any atom is 0.318 e. The first-order valence-corrected chi connectivity index (χ1v) is 9.23. The first-order valence-electron chi connectivity index (χ1n) is 8.25. The van der Waals surface area contributed by atoms with Crippen molar-refractivity contribution in [3.63, 3.8) is 0 Å². The number of benzene rings is 2. The number of aromatic nitrogens is 3. The van der Waals surface area contributed by atoms with Gasteiger partial charge in [-0.25, -0.2) is 4.79 Å². The molecule has 0 atom stereocenters. The highest BCUT2D eigenvalue weighted by atomic mass is 32.2. The molecule has 1 aliphatic rings. The fraction of sp³-hybridized carbons (Fsp3) is 0.111. The van der Waals surface area contributed by atoms with Crippen LogP contribution < -0.4 is 20.5 Å². The van der Waals surface area contributed by atoms with E-state index in [-0.39, 0.29) is 12.5 Å². The minimum Gasteiger partial charge on any atom is -0.454 e. The van der Waals surface area contributed by atoms with E-state index >= 15 is 0 Å². The van der Waals surface area contributed by atoms with Crippen molar-refractivity contribution >= 4 is 23.7 Å². The molecule has 0 fully saturated rings. The van der Waals surface area contributed by atoms with Crippen LogP contribution in [0.25, 0.3) is 17.1 Å². The van der Waals surface area contributed by atoms with Gasteiger partial charge >= 0.3 is 6.03 Å². The van der Waals surface area contributed by atoms with Crippen LogP contribution >= 0.6 is 11.8 Å². The molecule has 10 heteroatoms. The molecule has 0 aliphatic carbocycles. The Labute approximate surface area is 163 Å². The van der Waals surface area contributed by atoms with Gasteiger partial charge in [0.2, 0.25) is 12.7 Å². The van der Waals surface area contributed by atoms with Gasteiger partial charge in [-0.15, -0.1) is 10.2 Å². The van der Waals surface area contributed by atoms with E-state index in [1.165, 1.54) is 0 Å². The van der Waals surface area contributed by atoms with Gasteiger partial charge in [-0.2, -0.15) is 0 Å². The van der Waals surface area contributed by atoms with Gasteiger partial charge in [-0.3, -0.25) is 14.7 Å². The Morgan fingerprint density at radius 2 is 1.89 bits per heavy atom. The summed E-state index contributed by atoms with van der Waals surface area (Å²) in [6.45, 7) is 0.181. The molecular weight excluding hydrogens is 382 g/mol. The molecule has 3 aromatic rings. The Bertz CT molecular complexity index is 1040.